The maximum Gasteiger partial charge on any atom is 0.269 e. The largest absolute Gasteiger partial charge is 0.387 e. The number of ether oxygens (including phenoxy) is 1. The first kappa shape index (κ1) is 15.6. The summed E-state index contributed by atoms with van der Waals surface area (Å²) in [7, 11) is 3.55. The molecule has 6 heteroatoms. The number of likely N-dealkylation sites (N-methyl/N-ethyl adjacent to an activating group) is 1. The van der Waals surface area contributed by atoms with Crippen molar-refractivity contribution in [2.75, 3.05) is 33.9 Å². The number of benzene rings is 1. The van der Waals surface area contributed by atoms with Crippen molar-refractivity contribution in [2.45, 2.75) is 12.5 Å². The van der Waals surface area contributed by atoms with E-state index >= 15 is 0 Å². The number of nitro benzene ring substituents is 1. The van der Waals surface area contributed by atoms with Gasteiger partial charge in [0.25, 0.3) is 5.69 Å². The molecule has 1 N–H and O–H groups in total. The van der Waals surface area contributed by atoms with Gasteiger partial charge in [0.2, 0.25) is 0 Å². The first-order valence-corrected chi connectivity index (χ1v) is 6.14. The minimum atomic E-state index is -0.729. The second-order valence-corrected chi connectivity index (χ2v) is 4.48. The first-order valence-electron chi connectivity index (χ1n) is 6.14. The molecule has 0 aliphatic rings. The average molecular weight is 268 g/mol. The Morgan fingerprint density at radius 1 is 1.53 bits per heavy atom. The molecule has 0 fully saturated rings. The van der Waals surface area contributed by atoms with E-state index in [1.807, 2.05) is 11.9 Å². The number of hydrogen-bond acceptors (Lipinski definition) is 5. The van der Waals surface area contributed by atoms with Crippen LogP contribution in [0.25, 0.3) is 0 Å². The number of aliphatic hydroxyl groups is 1. The highest BCUT2D eigenvalue weighted by Crippen LogP contribution is 2.19. The summed E-state index contributed by atoms with van der Waals surface area (Å²) in [4.78, 5) is 12.2. The van der Waals surface area contributed by atoms with Crippen molar-refractivity contribution >= 4 is 5.69 Å². The van der Waals surface area contributed by atoms with Gasteiger partial charge in [0.1, 0.15) is 0 Å². The number of nitrogens with zero attached hydrogens (tertiary/aromatic N) is 2. The topological polar surface area (TPSA) is 75.8 Å². The Morgan fingerprint density at radius 3 is 2.89 bits per heavy atom. The van der Waals surface area contributed by atoms with E-state index in [2.05, 4.69) is 0 Å². The monoisotopic (exact) mass is 268 g/mol. The lowest BCUT2D eigenvalue weighted by Gasteiger charge is -2.20. The molecule has 6 nitrogen and oxygen atoms in total. The van der Waals surface area contributed by atoms with E-state index in [4.69, 9.17) is 4.74 Å². The summed E-state index contributed by atoms with van der Waals surface area (Å²) in [6, 6.07) is 6.11. The van der Waals surface area contributed by atoms with Gasteiger partial charge in [0, 0.05) is 38.9 Å². The van der Waals surface area contributed by atoms with Gasteiger partial charge >= 0.3 is 0 Å². The van der Waals surface area contributed by atoms with Crippen LogP contribution in [0, 0.1) is 10.1 Å². The third kappa shape index (κ3) is 5.34. The van der Waals surface area contributed by atoms with Crippen molar-refractivity contribution in [1.82, 2.24) is 4.90 Å². The molecule has 0 saturated heterocycles. The van der Waals surface area contributed by atoms with Gasteiger partial charge in [-0.05, 0) is 19.0 Å². The number of aliphatic hydroxyl groups excluding tert-OH is 1. The fourth-order valence-corrected chi connectivity index (χ4v) is 1.82. The molecule has 0 bridgehead atoms. The molecule has 0 heterocycles. The Labute approximate surface area is 112 Å². The summed E-state index contributed by atoms with van der Waals surface area (Å²) in [6.07, 6.45) is 0.154. The minimum absolute atomic E-state index is 0.00131. The lowest BCUT2D eigenvalue weighted by molar-refractivity contribution is -0.385. The molecule has 0 spiro atoms. The van der Waals surface area contributed by atoms with Gasteiger partial charge in [0.05, 0.1) is 11.0 Å². The van der Waals surface area contributed by atoms with Crippen LogP contribution >= 0.6 is 0 Å². The molecular formula is C13H20N2O4. The number of hydrogen-bond donors (Lipinski definition) is 1. The molecule has 19 heavy (non-hydrogen) atoms. The van der Waals surface area contributed by atoms with E-state index in [1.165, 1.54) is 12.1 Å². The van der Waals surface area contributed by atoms with E-state index in [9.17, 15) is 15.2 Å². The molecule has 1 aromatic carbocycles. The Hall–Kier alpha value is -1.50. The van der Waals surface area contributed by atoms with Crippen LogP contribution in [0.2, 0.25) is 0 Å². The molecule has 0 aliphatic heterocycles. The van der Waals surface area contributed by atoms with Crippen molar-refractivity contribution < 1.29 is 14.8 Å². The number of nitro groups is 1. The third-order valence-electron chi connectivity index (χ3n) is 2.84. The fraction of sp³-hybridized carbons (Fsp3) is 0.538. The molecule has 0 aliphatic carbocycles. The fourth-order valence-electron chi connectivity index (χ4n) is 1.82. The second kappa shape index (κ2) is 7.83. The highest BCUT2D eigenvalue weighted by atomic mass is 16.6. The molecule has 1 atom stereocenters. The van der Waals surface area contributed by atoms with Crippen molar-refractivity contribution in [2.24, 2.45) is 0 Å². The highest BCUT2D eigenvalue weighted by molar-refractivity contribution is 5.35. The quantitative estimate of drug-likeness (QED) is 0.440. The molecule has 0 radical (unpaired) electrons. The summed E-state index contributed by atoms with van der Waals surface area (Å²) < 4.78 is 4.96. The average Bonchev–Trinajstić information content (AvgIpc) is 2.39. The maximum absolute atomic E-state index is 10.7. The zero-order valence-corrected chi connectivity index (χ0v) is 11.3. The molecule has 1 aromatic rings. The first-order chi connectivity index (χ1) is 9.04. The van der Waals surface area contributed by atoms with Gasteiger partial charge in [-0.1, -0.05) is 12.1 Å². The second-order valence-electron chi connectivity index (χ2n) is 4.48. The Bertz CT molecular complexity index is 411. The summed E-state index contributed by atoms with van der Waals surface area (Å²) in [6.45, 7) is 1.92. The van der Waals surface area contributed by atoms with E-state index in [0.29, 0.717) is 18.7 Å². The number of rotatable bonds is 8. The summed E-state index contributed by atoms with van der Waals surface area (Å²) >= 11 is 0. The normalized spacial score (nSPS) is 12.6. The molecule has 0 aromatic heterocycles. The van der Waals surface area contributed by atoms with Crippen LogP contribution in [0.4, 0.5) is 5.69 Å². The van der Waals surface area contributed by atoms with Crippen molar-refractivity contribution in [3.8, 4) is 0 Å². The van der Waals surface area contributed by atoms with Gasteiger partial charge in [-0.2, -0.15) is 0 Å². The van der Waals surface area contributed by atoms with E-state index < -0.39 is 11.0 Å². The molecule has 106 valence electrons. The van der Waals surface area contributed by atoms with Gasteiger partial charge in [-0.15, -0.1) is 0 Å². The number of methoxy groups -OCH3 is 1. The molecular weight excluding hydrogens is 248 g/mol. The van der Waals surface area contributed by atoms with Gasteiger partial charge in [0.15, 0.2) is 0 Å². The van der Waals surface area contributed by atoms with Crippen LogP contribution in [-0.4, -0.2) is 48.8 Å². The third-order valence-corrected chi connectivity index (χ3v) is 2.84. The molecule has 0 amide bonds. The van der Waals surface area contributed by atoms with E-state index in [0.717, 1.165) is 13.0 Å². The van der Waals surface area contributed by atoms with Crippen LogP contribution in [0.1, 0.15) is 18.1 Å². The number of non-ortho nitro benzene ring substituents is 1. The molecule has 0 saturated carbocycles. The van der Waals surface area contributed by atoms with Gasteiger partial charge in [-0.3, -0.25) is 10.1 Å². The van der Waals surface area contributed by atoms with Gasteiger partial charge < -0.3 is 14.7 Å². The highest BCUT2D eigenvalue weighted by Gasteiger charge is 2.14. The van der Waals surface area contributed by atoms with Crippen LogP contribution in [-0.2, 0) is 4.74 Å². The summed E-state index contributed by atoms with van der Waals surface area (Å²) in [5.41, 5.74) is 0.561. The van der Waals surface area contributed by atoms with Crippen LogP contribution < -0.4 is 0 Å². The Kier molecular flexibility index (Phi) is 6.41. The SMILES string of the molecule is COCCCN(C)CC(O)c1cccc([N+](=O)[O-])c1. The van der Waals surface area contributed by atoms with Crippen molar-refractivity contribution in [3.63, 3.8) is 0 Å². The van der Waals surface area contributed by atoms with E-state index in [-0.39, 0.29) is 5.69 Å². The standard InChI is InChI=1S/C13H20N2O4/c1-14(7-4-8-19-2)10-13(16)11-5-3-6-12(9-11)15(17)18/h3,5-6,9,13,16H,4,7-8,10H2,1-2H3. The maximum atomic E-state index is 10.7. The lowest BCUT2D eigenvalue weighted by atomic mass is 10.1. The molecule has 1 unspecified atom stereocenters. The predicted octanol–water partition coefficient (Wildman–Crippen LogP) is 1.60. The van der Waals surface area contributed by atoms with Crippen LogP contribution in [0.5, 0.6) is 0 Å². The minimum Gasteiger partial charge on any atom is -0.387 e. The smallest absolute Gasteiger partial charge is 0.269 e. The summed E-state index contributed by atoms with van der Waals surface area (Å²) in [5, 5.41) is 20.7. The summed E-state index contributed by atoms with van der Waals surface area (Å²) in [5.74, 6) is 0. The van der Waals surface area contributed by atoms with Gasteiger partial charge in [-0.25, -0.2) is 0 Å². The van der Waals surface area contributed by atoms with Crippen LogP contribution in [0.3, 0.4) is 0 Å². The van der Waals surface area contributed by atoms with Crippen molar-refractivity contribution in [3.05, 3.63) is 39.9 Å². The lowest BCUT2D eigenvalue weighted by Crippen LogP contribution is -2.26. The molecule has 1 rings (SSSR count). The Balaban J connectivity index is 2.55. The zero-order chi connectivity index (χ0) is 14.3. The van der Waals surface area contributed by atoms with E-state index in [1.54, 1.807) is 19.2 Å². The Morgan fingerprint density at radius 2 is 2.26 bits per heavy atom. The van der Waals surface area contributed by atoms with Crippen molar-refractivity contribution in [1.29, 1.82) is 0 Å². The zero-order valence-electron chi connectivity index (χ0n) is 11.3. The van der Waals surface area contributed by atoms with Crippen LogP contribution in [0.15, 0.2) is 24.3 Å². The predicted molar refractivity (Wildman–Crippen MR) is 72.0 cm³/mol.